The monoisotopic (exact) mass is 267 g/mol. The molecule has 18 heavy (non-hydrogen) atoms. The quantitative estimate of drug-likeness (QED) is 0.794. The van der Waals surface area contributed by atoms with Gasteiger partial charge in [0.25, 0.3) is 0 Å². The summed E-state index contributed by atoms with van der Waals surface area (Å²) < 4.78 is 33.5. The van der Waals surface area contributed by atoms with Crippen molar-refractivity contribution in [3.63, 3.8) is 0 Å². The molecule has 1 unspecified atom stereocenters. The number of halogens is 3. The minimum atomic E-state index is -5.08. The Bertz CT molecular complexity index is 399. The first-order valence-corrected chi connectivity index (χ1v) is 4.97. The van der Waals surface area contributed by atoms with E-state index in [2.05, 4.69) is 10.6 Å². The average Bonchev–Trinajstić information content (AvgIpc) is 2.86. The van der Waals surface area contributed by atoms with Gasteiger partial charge in [0.2, 0.25) is 0 Å². The zero-order valence-electron chi connectivity index (χ0n) is 9.44. The highest BCUT2D eigenvalue weighted by molar-refractivity contribution is 5.73. The highest BCUT2D eigenvalue weighted by atomic mass is 19.4. The van der Waals surface area contributed by atoms with Gasteiger partial charge in [0.15, 0.2) is 0 Å². The molecule has 2 rings (SSSR count). The number of rotatable bonds is 1. The molecular weight excluding hydrogens is 255 g/mol. The zero-order chi connectivity index (χ0) is 13.8. The van der Waals surface area contributed by atoms with Crippen LogP contribution < -0.4 is 5.48 Å². The third kappa shape index (κ3) is 4.34. The van der Waals surface area contributed by atoms with E-state index in [1.807, 2.05) is 19.3 Å². The van der Waals surface area contributed by atoms with E-state index in [9.17, 15) is 13.2 Å². The van der Waals surface area contributed by atoms with E-state index in [0.29, 0.717) is 0 Å². The number of nitrogens with zero attached hydrogens (tertiary/aromatic N) is 2. The third-order valence-electron chi connectivity index (χ3n) is 2.07. The van der Waals surface area contributed by atoms with Crippen molar-refractivity contribution in [2.75, 3.05) is 6.61 Å². The minimum absolute atomic E-state index is 0.288. The molecule has 1 aromatic heterocycles. The molecule has 0 spiro atoms. The summed E-state index contributed by atoms with van der Waals surface area (Å²) >= 11 is 0. The molecule has 0 radical (unpaired) electrons. The molecule has 1 fully saturated rings. The maximum absolute atomic E-state index is 10.6. The fourth-order valence-electron chi connectivity index (χ4n) is 1.22. The van der Waals surface area contributed by atoms with Crippen LogP contribution in [0, 0.1) is 0 Å². The van der Waals surface area contributed by atoms with Crippen LogP contribution in [0.1, 0.15) is 18.2 Å². The van der Waals surface area contributed by atoms with Crippen molar-refractivity contribution >= 4 is 5.97 Å². The lowest BCUT2D eigenvalue weighted by molar-refractivity contribution is -0.192. The van der Waals surface area contributed by atoms with Crippen LogP contribution in [-0.4, -0.2) is 33.6 Å². The Kier molecular flexibility index (Phi) is 4.68. The molecule has 2 N–H and O–H groups in total. The zero-order valence-corrected chi connectivity index (χ0v) is 9.44. The van der Waals surface area contributed by atoms with Crippen molar-refractivity contribution in [1.82, 2.24) is 15.3 Å². The number of carboxylic acids is 1. The molecule has 1 saturated heterocycles. The van der Waals surface area contributed by atoms with Gasteiger partial charge in [0.1, 0.15) is 0 Å². The second-order valence-electron chi connectivity index (χ2n) is 3.52. The maximum Gasteiger partial charge on any atom is 0.490 e. The van der Waals surface area contributed by atoms with Crippen molar-refractivity contribution in [1.29, 1.82) is 0 Å². The summed E-state index contributed by atoms with van der Waals surface area (Å²) in [5.41, 5.74) is 3.97. The molecule has 9 heteroatoms. The second kappa shape index (κ2) is 5.83. The topological polar surface area (TPSA) is 76.4 Å². The summed E-state index contributed by atoms with van der Waals surface area (Å²) in [5, 5.41) is 11.4. The van der Waals surface area contributed by atoms with Gasteiger partial charge in [-0.3, -0.25) is 4.68 Å². The SMILES string of the molecule is Cn1ccc(C2CCON2)n1.O=C(O)C(F)(F)F. The Morgan fingerprint density at radius 1 is 1.67 bits per heavy atom. The molecular formula is C9H12F3N3O3. The first kappa shape index (κ1) is 14.5. The number of carbonyl (C=O) groups is 1. The number of aryl methyl sites for hydroxylation is 1. The van der Waals surface area contributed by atoms with Gasteiger partial charge in [-0.1, -0.05) is 0 Å². The second-order valence-corrected chi connectivity index (χ2v) is 3.52. The standard InChI is InChI=1S/C7H11N3O.C2HF3O2/c1-10-4-2-6(8-10)7-3-5-11-9-7;3-2(4,5)1(6)7/h2,4,7,9H,3,5H2,1H3;(H,6,7). The highest BCUT2D eigenvalue weighted by Crippen LogP contribution is 2.18. The summed E-state index contributed by atoms with van der Waals surface area (Å²) in [6, 6.07) is 2.29. The molecule has 1 aliphatic heterocycles. The van der Waals surface area contributed by atoms with Crippen molar-refractivity contribution in [2.24, 2.45) is 7.05 Å². The van der Waals surface area contributed by atoms with Gasteiger partial charge in [-0.05, 0) is 12.5 Å². The first-order chi connectivity index (χ1) is 8.30. The van der Waals surface area contributed by atoms with Crippen LogP contribution in [-0.2, 0) is 16.7 Å². The van der Waals surface area contributed by atoms with Crippen molar-refractivity contribution in [2.45, 2.75) is 18.6 Å². The van der Waals surface area contributed by atoms with E-state index in [4.69, 9.17) is 14.7 Å². The van der Waals surface area contributed by atoms with Crippen molar-refractivity contribution in [3.05, 3.63) is 18.0 Å². The third-order valence-corrected chi connectivity index (χ3v) is 2.07. The molecule has 1 aromatic rings. The Morgan fingerprint density at radius 2 is 2.28 bits per heavy atom. The van der Waals surface area contributed by atoms with E-state index < -0.39 is 12.1 Å². The molecule has 2 heterocycles. The van der Waals surface area contributed by atoms with Crippen LogP contribution in [0.15, 0.2) is 12.3 Å². The summed E-state index contributed by atoms with van der Waals surface area (Å²) in [7, 11) is 1.92. The van der Waals surface area contributed by atoms with Crippen molar-refractivity contribution < 1.29 is 27.9 Å². The van der Waals surface area contributed by atoms with Gasteiger partial charge in [-0.2, -0.15) is 23.8 Å². The van der Waals surface area contributed by atoms with Crippen LogP contribution in [0.4, 0.5) is 13.2 Å². The summed E-state index contributed by atoms with van der Waals surface area (Å²) in [5.74, 6) is -2.76. The molecule has 6 nitrogen and oxygen atoms in total. The Hall–Kier alpha value is -1.61. The predicted octanol–water partition coefficient (Wildman–Crippen LogP) is 1.02. The van der Waals surface area contributed by atoms with Crippen LogP contribution in [0.3, 0.4) is 0 Å². The van der Waals surface area contributed by atoms with Crippen LogP contribution in [0.2, 0.25) is 0 Å². The fraction of sp³-hybridized carbons (Fsp3) is 0.556. The van der Waals surface area contributed by atoms with Gasteiger partial charge in [0, 0.05) is 13.2 Å². The van der Waals surface area contributed by atoms with E-state index in [1.165, 1.54) is 0 Å². The first-order valence-electron chi connectivity index (χ1n) is 4.97. The number of carboxylic acid groups (broad SMARTS) is 1. The fourth-order valence-corrected chi connectivity index (χ4v) is 1.22. The molecule has 0 aliphatic carbocycles. The summed E-state index contributed by atoms with van der Waals surface area (Å²) in [6.45, 7) is 0.779. The van der Waals surface area contributed by atoms with E-state index in [0.717, 1.165) is 18.7 Å². The van der Waals surface area contributed by atoms with E-state index in [-0.39, 0.29) is 6.04 Å². The number of aliphatic carboxylic acids is 1. The van der Waals surface area contributed by atoms with E-state index >= 15 is 0 Å². The molecule has 0 saturated carbocycles. The molecule has 0 aromatic carbocycles. The van der Waals surface area contributed by atoms with Crippen LogP contribution >= 0.6 is 0 Å². The average molecular weight is 267 g/mol. The van der Waals surface area contributed by atoms with Gasteiger partial charge in [-0.15, -0.1) is 0 Å². The van der Waals surface area contributed by atoms with Crippen LogP contribution in [0.5, 0.6) is 0 Å². The van der Waals surface area contributed by atoms with Gasteiger partial charge < -0.3 is 9.94 Å². The molecule has 1 atom stereocenters. The van der Waals surface area contributed by atoms with E-state index in [1.54, 1.807) is 4.68 Å². The number of alkyl halides is 3. The largest absolute Gasteiger partial charge is 0.490 e. The number of hydroxylamine groups is 1. The summed E-state index contributed by atoms with van der Waals surface area (Å²) in [4.78, 5) is 13.9. The Labute approximate surface area is 100 Å². The summed E-state index contributed by atoms with van der Waals surface area (Å²) in [6.07, 6.45) is -2.13. The number of nitrogens with one attached hydrogen (secondary N) is 1. The molecule has 1 aliphatic rings. The Morgan fingerprint density at radius 3 is 2.61 bits per heavy atom. The molecule has 102 valence electrons. The number of hydrogen-bond acceptors (Lipinski definition) is 4. The lowest BCUT2D eigenvalue weighted by atomic mass is 10.2. The Balaban J connectivity index is 0.000000203. The number of aromatic nitrogens is 2. The molecule has 0 amide bonds. The van der Waals surface area contributed by atoms with Crippen LogP contribution in [0.25, 0.3) is 0 Å². The van der Waals surface area contributed by atoms with Gasteiger partial charge in [-0.25, -0.2) is 4.79 Å². The normalized spacial score (nSPS) is 19.2. The maximum atomic E-state index is 10.6. The van der Waals surface area contributed by atoms with Crippen molar-refractivity contribution in [3.8, 4) is 0 Å². The molecule has 0 bridgehead atoms. The smallest absolute Gasteiger partial charge is 0.475 e. The number of hydrogen-bond donors (Lipinski definition) is 2. The predicted molar refractivity (Wildman–Crippen MR) is 53.3 cm³/mol. The lowest BCUT2D eigenvalue weighted by Crippen LogP contribution is -2.21. The van der Waals surface area contributed by atoms with Gasteiger partial charge in [0.05, 0.1) is 18.3 Å². The highest BCUT2D eigenvalue weighted by Gasteiger charge is 2.38. The minimum Gasteiger partial charge on any atom is -0.475 e. The lowest BCUT2D eigenvalue weighted by Gasteiger charge is -2.02. The van der Waals surface area contributed by atoms with Gasteiger partial charge >= 0.3 is 12.1 Å².